The maximum Gasteiger partial charge on any atom is 0.160 e. The standard InChI is InChI=1S/C15H22BrClN4/c1-10(2)13(9-20(3)4)21-14(5-6-17)19-12-7-11(16)8-18-15(12)21/h7-8,10,13H,5-6,9H2,1-4H3. The molecule has 1 atom stereocenters. The predicted octanol–water partition coefficient (Wildman–Crippen LogP) is 3.73. The number of halogens is 2. The van der Waals surface area contributed by atoms with Crippen molar-refractivity contribution in [1.82, 2.24) is 19.4 Å². The zero-order chi connectivity index (χ0) is 15.6. The fourth-order valence-electron chi connectivity index (χ4n) is 2.58. The van der Waals surface area contributed by atoms with Crippen molar-refractivity contribution in [3.05, 3.63) is 22.6 Å². The number of aryl methyl sites for hydroxylation is 1. The van der Waals surface area contributed by atoms with Gasteiger partial charge < -0.3 is 9.47 Å². The summed E-state index contributed by atoms with van der Waals surface area (Å²) >= 11 is 9.43. The van der Waals surface area contributed by atoms with Gasteiger partial charge in [-0.1, -0.05) is 13.8 Å². The van der Waals surface area contributed by atoms with Crippen LogP contribution < -0.4 is 0 Å². The lowest BCUT2D eigenvalue weighted by atomic mass is 10.0. The lowest BCUT2D eigenvalue weighted by Gasteiger charge is -2.27. The van der Waals surface area contributed by atoms with Gasteiger partial charge in [0.25, 0.3) is 0 Å². The van der Waals surface area contributed by atoms with E-state index in [1.54, 1.807) is 0 Å². The van der Waals surface area contributed by atoms with Gasteiger partial charge in [0.05, 0.1) is 6.04 Å². The van der Waals surface area contributed by atoms with Crippen LogP contribution in [0.1, 0.15) is 25.7 Å². The number of hydrogen-bond acceptors (Lipinski definition) is 3. The van der Waals surface area contributed by atoms with E-state index in [1.165, 1.54) is 0 Å². The largest absolute Gasteiger partial charge is 0.308 e. The molecule has 116 valence electrons. The van der Waals surface area contributed by atoms with Gasteiger partial charge in [-0.3, -0.25) is 0 Å². The minimum atomic E-state index is 0.330. The average molecular weight is 374 g/mol. The van der Waals surface area contributed by atoms with E-state index in [0.717, 1.165) is 34.4 Å². The molecule has 21 heavy (non-hydrogen) atoms. The smallest absolute Gasteiger partial charge is 0.160 e. The van der Waals surface area contributed by atoms with Crippen molar-refractivity contribution >= 4 is 38.7 Å². The molecule has 4 nitrogen and oxygen atoms in total. The molecule has 0 aromatic carbocycles. The number of likely N-dealkylation sites (N-methyl/N-ethyl adjacent to an activating group) is 1. The van der Waals surface area contributed by atoms with Crippen molar-refractivity contribution in [2.24, 2.45) is 5.92 Å². The first-order valence-corrected chi connectivity index (χ1v) is 8.49. The molecule has 0 saturated heterocycles. The highest BCUT2D eigenvalue weighted by Gasteiger charge is 2.23. The normalized spacial score (nSPS) is 13.5. The van der Waals surface area contributed by atoms with Gasteiger partial charge in [0.15, 0.2) is 5.65 Å². The Hall–Kier alpha value is -0.650. The maximum atomic E-state index is 5.96. The number of fused-ring (bicyclic) bond motifs is 1. The molecule has 0 radical (unpaired) electrons. The first kappa shape index (κ1) is 16.7. The molecule has 0 amide bonds. The van der Waals surface area contributed by atoms with Crippen molar-refractivity contribution < 1.29 is 0 Å². The Morgan fingerprint density at radius 1 is 1.38 bits per heavy atom. The second-order valence-corrected chi connectivity index (χ2v) is 7.20. The van der Waals surface area contributed by atoms with E-state index in [-0.39, 0.29) is 0 Å². The number of hydrogen-bond donors (Lipinski definition) is 0. The first-order valence-electron chi connectivity index (χ1n) is 7.17. The minimum Gasteiger partial charge on any atom is -0.308 e. The molecule has 0 saturated carbocycles. The van der Waals surface area contributed by atoms with Gasteiger partial charge in [-0.05, 0) is 42.0 Å². The number of alkyl halides is 1. The van der Waals surface area contributed by atoms with Crippen molar-refractivity contribution in [1.29, 1.82) is 0 Å². The zero-order valence-corrected chi connectivity index (χ0v) is 15.3. The average Bonchev–Trinajstić information content (AvgIpc) is 2.73. The van der Waals surface area contributed by atoms with Crippen molar-refractivity contribution in [3.8, 4) is 0 Å². The van der Waals surface area contributed by atoms with Crippen LogP contribution in [0, 0.1) is 5.92 Å². The predicted molar refractivity (Wildman–Crippen MR) is 92.1 cm³/mol. The van der Waals surface area contributed by atoms with Gasteiger partial charge in [-0.2, -0.15) is 0 Å². The highest BCUT2D eigenvalue weighted by Crippen LogP contribution is 2.27. The third-order valence-corrected chi connectivity index (χ3v) is 4.16. The van der Waals surface area contributed by atoms with E-state index in [1.807, 2.05) is 12.3 Å². The molecular formula is C15H22BrClN4. The highest BCUT2D eigenvalue weighted by atomic mass is 79.9. The molecule has 0 aliphatic carbocycles. The van der Waals surface area contributed by atoms with E-state index in [9.17, 15) is 0 Å². The summed E-state index contributed by atoms with van der Waals surface area (Å²) in [5.41, 5.74) is 1.87. The number of pyridine rings is 1. The third kappa shape index (κ3) is 3.76. The van der Waals surface area contributed by atoms with Crippen LogP contribution in [0.15, 0.2) is 16.7 Å². The van der Waals surface area contributed by atoms with Crippen LogP contribution in [0.2, 0.25) is 0 Å². The number of imidazole rings is 1. The monoisotopic (exact) mass is 372 g/mol. The number of rotatable bonds is 6. The van der Waals surface area contributed by atoms with Crippen LogP contribution in [0.5, 0.6) is 0 Å². The zero-order valence-electron chi connectivity index (χ0n) is 13.0. The fraction of sp³-hybridized carbons (Fsp3) is 0.600. The van der Waals surface area contributed by atoms with Crippen molar-refractivity contribution in [2.75, 3.05) is 26.5 Å². The molecule has 2 heterocycles. The fourth-order valence-corrected chi connectivity index (χ4v) is 3.07. The summed E-state index contributed by atoms with van der Waals surface area (Å²) < 4.78 is 3.22. The van der Waals surface area contributed by atoms with Crippen LogP contribution in [0.25, 0.3) is 11.2 Å². The molecule has 0 N–H and O–H groups in total. The molecular weight excluding hydrogens is 352 g/mol. The van der Waals surface area contributed by atoms with E-state index in [4.69, 9.17) is 16.6 Å². The second-order valence-electron chi connectivity index (χ2n) is 5.91. The van der Waals surface area contributed by atoms with Crippen LogP contribution in [-0.2, 0) is 6.42 Å². The van der Waals surface area contributed by atoms with Crippen LogP contribution in [-0.4, -0.2) is 46.0 Å². The molecule has 6 heteroatoms. The van der Waals surface area contributed by atoms with Crippen molar-refractivity contribution in [3.63, 3.8) is 0 Å². The van der Waals surface area contributed by atoms with Crippen LogP contribution >= 0.6 is 27.5 Å². The highest BCUT2D eigenvalue weighted by molar-refractivity contribution is 9.10. The van der Waals surface area contributed by atoms with Gasteiger partial charge >= 0.3 is 0 Å². The quantitative estimate of drug-likeness (QED) is 0.723. The van der Waals surface area contributed by atoms with Gasteiger partial charge in [-0.15, -0.1) is 11.6 Å². The first-order chi connectivity index (χ1) is 9.93. The topological polar surface area (TPSA) is 34.0 Å². The summed E-state index contributed by atoms with van der Waals surface area (Å²) in [6.45, 7) is 5.43. The molecule has 0 aliphatic heterocycles. The second kappa shape index (κ2) is 7.07. The number of nitrogens with zero attached hydrogens (tertiary/aromatic N) is 4. The van der Waals surface area contributed by atoms with Crippen molar-refractivity contribution in [2.45, 2.75) is 26.3 Å². The van der Waals surface area contributed by atoms with Gasteiger partial charge in [0.2, 0.25) is 0 Å². The molecule has 0 bridgehead atoms. The van der Waals surface area contributed by atoms with Gasteiger partial charge in [-0.25, -0.2) is 9.97 Å². The molecule has 2 aromatic rings. The maximum absolute atomic E-state index is 5.96. The Bertz CT molecular complexity index is 609. The van der Waals surface area contributed by atoms with E-state index >= 15 is 0 Å². The Balaban J connectivity index is 2.59. The molecule has 2 aromatic heterocycles. The summed E-state index contributed by atoms with van der Waals surface area (Å²) in [5, 5.41) is 0. The SMILES string of the molecule is CC(C)C(CN(C)C)n1c(CCCl)nc2cc(Br)cnc21. The van der Waals surface area contributed by atoms with E-state index in [2.05, 4.69) is 58.3 Å². The Kier molecular flexibility index (Phi) is 5.63. The van der Waals surface area contributed by atoms with Gasteiger partial charge in [0.1, 0.15) is 11.3 Å². The Morgan fingerprint density at radius 3 is 2.67 bits per heavy atom. The molecule has 1 unspecified atom stereocenters. The van der Waals surface area contributed by atoms with Crippen LogP contribution in [0.3, 0.4) is 0 Å². The van der Waals surface area contributed by atoms with Crippen LogP contribution in [0.4, 0.5) is 0 Å². The summed E-state index contributed by atoms with van der Waals surface area (Å²) in [5.74, 6) is 2.08. The molecule has 0 spiro atoms. The van der Waals surface area contributed by atoms with Gasteiger partial charge in [0, 0.05) is 29.5 Å². The Labute approximate surface area is 139 Å². The number of aromatic nitrogens is 3. The lowest BCUT2D eigenvalue weighted by Crippen LogP contribution is -2.29. The molecule has 0 aliphatic rings. The Morgan fingerprint density at radius 2 is 2.10 bits per heavy atom. The summed E-state index contributed by atoms with van der Waals surface area (Å²) in [6.07, 6.45) is 2.59. The summed E-state index contributed by atoms with van der Waals surface area (Å²) in [6, 6.07) is 2.35. The summed E-state index contributed by atoms with van der Waals surface area (Å²) in [7, 11) is 4.19. The lowest BCUT2D eigenvalue weighted by molar-refractivity contribution is 0.269. The molecule has 0 fully saturated rings. The molecule has 2 rings (SSSR count). The van der Waals surface area contributed by atoms with E-state index in [0.29, 0.717) is 17.8 Å². The van der Waals surface area contributed by atoms with E-state index < -0.39 is 0 Å². The summed E-state index contributed by atoms with van der Waals surface area (Å²) in [4.78, 5) is 11.5. The minimum absolute atomic E-state index is 0.330. The third-order valence-electron chi connectivity index (χ3n) is 3.54.